The van der Waals surface area contributed by atoms with Gasteiger partial charge in [0.2, 0.25) is 0 Å². The minimum atomic E-state index is 0.265. The van der Waals surface area contributed by atoms with Crippen LogP contribution in [0.2, 0.25) is 0 Å². The first-order valence-electron chi connectivity index (χ1n) is 9.88. The second kappa shape index (κ2) is 9.96. The summed E-state index contributed by atoms with van der Waals surface area (Å²) in [5.74, 6) is 3.14. The number of ether oxygens (including phenoxy) is 2. The van der Waals surface area contributed by atoms with Crippen molar-refractivity contribution in [1.29, 1.82) is 0 Å². The van der Waals surface area contributed by atoms with Crippen molar-refractivity contribution in [3.8, 4) is 11.5 Å². The summed E-state index contributed by atoms with van der Waals surface area (Å²) < 4.78 is 13.7. The maximum absolute atomic E-state index is 6.30. The average molecular weight is 387 g/mol. The molecule has 0 spiro atoms. The number of aliphatic imine (C=N–C) groups is 1. The van der Waals surface area contributed by atoms with Crippen molar-refractivity contribution >= 4 is 5.96 Å². The van der Waals surface area contributed by atoms with Crippen molar-refractivity contribution in [2.45, 2.75) is 51.8 Å². The zero-order valence-corrected chi connectivity index (χ0v) is 16.9. The quantitative estimate of drug-likeness (QED) is 0.535. The molecule has 0 aliphatic heterocycles. The van der Waals surface area contributed by atoms with E-state index in [0.29, 0.717) is 13.1 Å². The molecule has 0 bridgehead atoms. The third-order valence-corrected chi connectivity index (χ3v) is 4.84. The first-order valence-corrected chi connectivity index (χ1v) is 9.88. The number of aryl methyl sites for hydroxylation is 1. The van der Waals surface area contributed by atoms with Gasteiger partial charge in [0, 0.05) is 19.2 Å². The number of methoxy groups -OCH3 is 1. The van der Waals surface area contributed by atoms with Crippen molar-refractivity contribution in [2.24, 2.45) is 12.0 Å². The van der Waals surface area contributed by atoms with Crippen LogP contribution in [0.15, 0.2) is 29.5 Å². The lowest BCUT2D eigenvalue weighted by atomic mass is 10.1. The smallest absolute Gasteiger partial charge is 0.191 e. The second-order valence-electron chi connectivity index (χ2n) is 6.88. The van der Waals surface area contributed by atoms with Gasteiger partial charge in [0.15, 0.2) is 23.3 Å². The van der Waals surface area contributed by atoms with Crippen molar-refractivity contribution < 1.29 is 9.47 Å². The number of nitrogens with one attached hydrogen (secondary N) is 2. The van der Waals surface area contributed by atoms with Crippen LogP contribution in [0.1, 0.15) is 44.0 Å². The van der Waals surface area contributed by atoms with Crippen LogP contribution in [0.3, 0.4) is 0 Å². The maximum Gasteiger partial charge on any atom is 0.191 e. The lowest BCUT2D eigenvalue weighted by Gasteiger charge is -2.19. The molecular formula is C20H30N6O2. The van der Waals surface area contributed by atoms with Crippen LogP contribution in [0, 0.1) is 0 Å². The predicted octanol–water partition coefficient (Wildman–Crippen LogP) is 2.40. The van der Waals surface area contributed by atoms with Crippen molar-refractivity contribution in [3.05, 3.63) is 35.9 Å². The molecule has 1 fully saturated rings. The summed E-state index contributed by atoms with van der Waals surface area (Å²) in [5, 5.41) is 14.6. The van der Waals surface area contributed by atoms with E-state index >= 15 is 0 Å². The van der Waals surface area contributed by atoms with Crippen LogP contribution in [0.5, 0.6) is 11.5 Å². The standard InChI is InChI=1S/C20H30N6O2/c1-4-21-20(23-13-18-25-24-14-26(18)2)22-12-15-8-7-11-17(27-3)19(15)28-16-9-5-6-10-16/h7-8,11,14,16H,4-6,9-10,12-13H2,1-3H3,(H2,21,22,23). The Kier molecular flexibility index (Phi) is 7.11. The average Bonchev–Trinajstić information content (AvgIpc) is 3.36. The van der Waals surface area contributed by atoms with E-state index in [9.17, 15) is 0 Å². The maximum atomic E-state index is 6.30. The summed E-state index contributed by atoms with van der Waals surface area (Å²) in [7, 11) is 3.60. The highest BCUT2D eigenvalue weighted by atomic mass is 16.5. The number of benzene rings is 1. The fraction of sp³-hybridized carbons (Fsp3) is 0.550. The number of aromatic nitrogens is 3. The Morgan fingerprint density at radius 1 is 1.29 bits per heavy atom. The van der Waals surface area contributed by atoms with Gasteiger partial charge in [-0.2, -0.15) is 0 Å². The molecule has 0 amide bonds. The normalized spacial score (nSPS) is 14.9. The van der Waals surface area contributed by atoms with Crippen LogP contribution in [0.25, 0.3) is 0 Å². The Labute approximate surface area is 166 Å². The van der Waals surface area contributed by atoms with Gasteiger partial charge in [-0.3, -0.25) is 0 Å². The molecule has 1 aliphatic rings. The monoisotopic (exact) mass is 386 g/mol. The Morgan fingerprint density at radius 3 is 2.79 bits per heavy atom. The minimum absolute atomic E-state index is 0.265. The van der Waals surface area contributed by atoms with E-state index < -0.39 is 0 Å². The largest absolute Gasteiger partial charge is 0.493 e. The zero-order valence-electron chi connectivity index (χ0n) is 16.9. The minimum Gasteiger partial charge on any atom is -0.493 e. The molecule has 3 rings (SSSR count). The summed E-state index contributed by atoms with van der Waals surface area (Å²) in [6.45, 7) is 3.85. The van der Waals surface area contributed by atoms with Crippen LogP contribution < -0.4 is 20.1 Å². The molecule has 28 heavy (non-hydrogen) atoms. The molecule has 2 N–H and O–H groups in total. The number of hydrogen-bond acceptors (Lipinski definition) is 5. The lowest BCUT2D eigenvalue weighted by Crippen LogP contribution is -2.37. The zero-order chi connectivity index (χ0) is 19.8. The number of hydrogen-bond donors (Lipinski definition) is 2. The van der Waals surface area contributed by atoms with Gasteiger partial charge in [-0.05, 0) is 38.7 Å². The van der Waals surface area contributed by atoms with Gasteiger partial charge in [0.05, 0.1) is 26.3 Å². The van der Waals surface area contributed by atoms with E-state index in [2.05, 4.69) is 20.8 Å². The summed E-state index contributed by atoms with van der Waals surface area (Å²) in [4.78, 5) is 4.72. The molecule has 1 saturated carbocycles. The number of guanidine groups is 1. The SMILES string of the molecule is CCNC(=NCc1cccc(OC)c1OC1CCCC1)NCc1nncn1C. The van der Waals surface area contributed by atoms with E-state index in [0.717, 1.165) is 48.2 Å². The van der Waals surface area contributed by atoms with Crippen molar-refractivity contribution in [3.63, 3.8) is 0 Å². The van der Waals surface area contributed by atoms with Gasteiger partial charge in [-0.1, -0.05) is 12.1 Å². The van der Waals surface area contributed by atoms with E-state index in [1.807, 2.05) is 36.7 Å². The molecule has 1 aromatic carbocycles. The van der Waals surface area contributed by atoms with E-state index in [1.54, 1.807) is 13.4 Å². The molecule has 152 valence electrons. The molecule has 0 unspecified atom stereocenters. The van der Waals surface area contributed by atoms with Crippen LogP contribution >= 0.6 is 0 Å². The first kappa shape index (κ1) is 20.0. The molecular weight excluding hydrogens is 356 g/mol. The number of nitrogens with zero attached hydrogens (tertiary/aromatic N) is 4. The van der Waals surface area contributed by atoms with Gasteiger partial charge in [0.1, 0.15) is 6.33 Å². The fourth-order valence-electron chi connectivity index (χ4n) is 3.29. The fourth-order valence-corrected chi connectivity index (χ4v) is 3.29. The van der Waals surface area contributed by atoms with E-state index in [-0.39, 0.29) is 6.10 Å². The molecule has 1 aromatic heterocycles. The summed E-state index contributed by atoms with van der Waals surface area (Å²) in [6.07, 6.45) is 6.60. The Bertz CT molecular complexity index is 783. The molecule has 8 heteroatoms. The Morgan fingerprint density at radius 2 is 2.11 bits per heavy atom. The number of rotatable bonds is 8. The highest BCUT2D eigenvalue weighted by molar-refractivity contribution is 5.79. The van der Waals surface area contributed by atoms with Gasteiger partial charge in [0.25, 0.3) is 0 Å². The Hall–Kier alpha value is -2.77. The summed E-state index contributed by atoms with van der Waals surface area (Å²) in [5.41, 5.74) is 1.02. The lowest BCUT2D eigenvalue weighted by molar-refractivity contribution is 0.198. The van der Waals surface area contributed by atoms with Gasteiger partial charge >= 0.3 is 0 Å². The topological polar surface area (TPSA) is 85.6 Å². The molecule has 8 nitrogen and oxygen atoms in total. The van der Waals surface area contributed by atoms with Crippen LogP contribution in [-0.2, 0) is 20.1 Å². The van der Waals surface area contributed by atoms with Crippen molar-refractivity contribution in [1.82, 2.24) is 25.4 Å². The van der Waals surface area contributed by atoms with Gasteiger partial charge in [-0.25, -0.2) is 4.99 Å². The first-order chi connectivity index (χ1) is 13.7. The number of para-hydroxylation sites is 1. The Balaban J connectivity index is 1.72. The van der Waals surface area contributed by atoms with E-state index in [4.69, 9.17) is 14.5 Å². The molecule has 0 atom stereocenters. The molecule has 0 saturated heterocycles. The van der Waals surface area contributed by atoms with Crippen LogP contribution in [0.4, 0.5) is 0 Å². The molecule has 1 aliphatic carbocycles. The molecule has 2 aromatic rings. The summed E-state index contributed by atoms with van der Waals surface area (Å²) >= 11 is 0. The third kappa shape index (κ3) is 5.15. The predicted molar refractivity (Wildman–Crippen MR) is 109 cm³/mol. The van der Waals surface area contributed by atoms with Gasteiger partial charge < -0.3 is 24.7 Å². The molecule has 1 heterocycles. The van der Waals surface area contributed by atoms with Crippen molar-refractivity contribution in [2.75, 3.05) is 13.7 Å². The molecule has 0 radical (unpaired) electrons. The second-order valence-corrected chi connectivity index (χ2v) is 6.88. The van der Waals surface area contributed by atoms with Crippen LogP contribution in [-0.4, -0.2) is 40.5 Å². The van der Waals surface area contributed by atoms with E-state index in [1.165, 1.54) is 12.8 Å². The highest BCUT2D eigenvalue weighted by Gasteiger charge is 2.20. The summed E-state index contributed by atoms with van der Waals surface area (Å²) in [6, 6.07) is 5.96. The third-order valence-electron chi connectivity index (χ3n) is 4.84. The van der Waals surface area contributed by atoms with Gasteiger partial charge in [-0.15, -0.1) is 10.2 Å². The highest BCUT2D eigenvalue weighted by Crippen LogP contribution is 2.35.